The number of Topliss-reactive ketones (excluding diaryl/α,β-unsaturated/α-hetero) is 1. The van der Waals surface area contributed by atoms with E-state index in [0.717, 1.165) is 4.70 Å². The lowest BCUT2D eigenvalue weighted by atomic mass is 9.99. The number of aliphatic hydroxyl groups is 1. The van der Waals surface area contributed by atoms with Crippen LogP contribution >= 0.6 is 22.9 Å². The molecule has 0 radical (unpaired) electrons. The number of carbonyl (C=O) groups excluding carboxylic acids is 2. The zero-order chi connectivity index (χ0) is 22.4. The second-order valence-electron chi connectivity index (χ2n) is 7.02. The minimum atomic E-state index is -0.969. The van der Waals surface area contributed by atoms with Crippen molar-refractivity contribution in [3.8, 4) is 5.75 Å². The molecule has 1 atom stereocenters. The van der Waals surface area contributed by atoms with Crippen LogP contribution in [-0.2, 0) is 9.59 Å². The van der Waals surface area contributed by atoms with Crippen molar-refractivity contribution in [2.75, 3.05) is 12.0 Å². The third-order valence-electron chi connectivity index (χ3n) is 5.17. The molecule has 0 saturated carbocycles. The molecule has 1 aliphatic heterocycles. The van der Waals surface area contributed by atoms with Gasteiger partial charge in [0.05, 0.1) is 29.2 Å². The van der Waals surface area contributed by atoms with E-state index in [-0.39, 0.29) is 11.3 Å². The first-order valence-corrected chi connectivity index (χ1v) is 10.7. The summed E-state index contributed by atoms with van der Waals surface area (Å²) in [6, 6.07) is 14.0. The zero-order valence-corrected chi connectivity index (χ0v) is 18.2. The summed E-state index contributed by atoms with van der Waals surface area (Å²) in [5.41, 5.74) is 0.936. The Labute approximate surface area is 191 Å². The number of fused-ring (bicyclic) bond motifs is 1. The molecule has 0 spiro atoms. The number of carbonyl (C=O) groups is 2. The molecule has 160 valence electrons. The molecule has 1 aliphatic rings. The summed E-state index contributed by atoms with van der Waals surface area (Å²) in [6.07, 6.45) is 1.45. The van der Waals surface area contributed by atoms with Crippen LogP contribution in [0.15, 0.2) is 70.9 Å². The molecule has 1 N–H and O–H groups in total. The molecule has 0 aliphatic carbocycles. The van der Waals surface area contributed by atoms with Crippen LogP contribution in [0.2, 0.25) is 5.02 Å². The highest BCUT2D eigenvalue weighted by Gasteiger charge is 2.49. The second-order valence-corrected chi connectivity index (χ2v) is 8.47. The number of amides is 1. The Morgan fingerprint density at radius 3 is 2.66 bits per heavy atom. The predicted molar refractivity (Wildman–Crippen MR) is 121 cm³/mol. The fourth-order valence-electron chi connectivity index (χ4n) is 3.63. The van der Waals surface area contributed by atoms with Crippen LogP contribution in [0.3, 0.4) is 0 Å². The molecular formula is C23H15ClN2O5S. The number of ether oxygens (including phenoxy) is 1. The first-order chi connectivity index (χ1) is 15.5. The van der Waals surface area contributed by atoms with Crippen LogP contribution in [0.5, 0.6) is 5.75 Å². The number of nitrogens with zero attached hydrogens (tertiary/aromatic N) is 2. The van der Waals surface area contributed by atoms with Crippen molar-refractivity contribution >= 4 is 55.7 Å². The molecule has 1 fully saturated rings. The lowest BCUT2D eigenvalue weighted by Crippen LogP contribution is -2.29. The highest BCUT2D eigenvalue weighted by molar-refractivity contribution is 7.22. The van der Waals surface area contributed by atoms with Crippen LogP contribution in [0, 0.1) is 0 Å². The summed E-state index contributed by atoms with van der Waals surface area (Å²) in [5.74, 6) is -0.952. The van der Waals surface area contributed by atoms with Gasteiger partial charge in [0.1, 0.15) is 23.3 Å². The average molecular weight is 467 g/mol. The Morgan fingerprint density at radius 2 is 1.97 bits per heavy atom. The zero-order valence-electron chi connectivity index (χ0n) is 16.6. The van der Waals surface area contributed by atoms with E-state index in [9.17, 15) is 14.7 Å². The molecule has 1 saturated heterocycles. The predicted octanol–water partition coefficient (Wildman–Crippen LogP) is 5.18. The standard InChI is InChI=1S/C23H15ClN2O5S/c1-30-14-8-9-15-17(11-14)32-23(25-15)26-19(16-3-2-10-31-16)18(21(28)22(26)29)20(27)12-4-6-13(24)7-5-12/h2-11,19,27H,1H3. The molecule has 7 nitrogen and oxygen atoms in total. The van der Waals surface area contributed by atoms with E-state index in [1.54, 1.807) is 55.6 Å². The van der Waals surface area contributed by atoms with Crippen LogP contribution in [-0.4, -0.2) is 28.9 Å². The number of thiazole rings is 1. The molecule has 4 aromatic rings. The van der Waals surface area contributed by atoms with Gasteiger partial charge in [0, 0.05) is 10.6 Å². The lowest BCUT2D eigenvalue weighted by molar-refractivity contribution is -0.132. The van der Waals surface area contributed by atoms with E-state index >= 15 is 0 Å². The maximum Gasteiger partial charge on any atom is 0.302 e. The first kappa shape index (κ1) is 20.3. The number of furan rings is 1. The minimum absolute atomic E-state index is 0.0795. The van der Waals surface area contributed by atoms with Gasteiger partial charge in [-0.1, -0.05) is 22.9 Å². The van der Waals surface area contributed by atoms with E-state index in [0.29, 0.717) is 32.7 Å². The normalized spacial score (nSPS) is 17.9. The summed E-state index contributed by atoms with van der Waals surface area (Å²) in [4.78, 5) is 32.0. The number of rotatable bonds is 4. The van der Waals surface area contributed by atoms with E-state index in [1.165, 1.54) is 22.5 Å². The van der Waals surface area contributed by atoms with Crippen molar-refractivity contribution in [2.24, 2.45) is 0 Å². The number of methoxy groups -OCH3 is 1. The number of ketones is 1. The molecule has 0 bridgehead atoms. The molecule has 2 aromatic carbocycles. The third kappa shape index (κ3) is 3.24. The van der Waals surface area contributed by atoms with Crippen LogP contribution in [0.1, 0.15) is 17.4 Å². The van der Waals surface area contributed by atoms with Crippen LogP contribution in [0.25, 0.3) is 16.0 Å². The SMILES string of the molecule is COc1ccc2nc(N3C(=O)C(=O)C(=C(O)c4ccc(Cl)cc4)C3c3ccco3)sc2c1. The van der Waals surface area contributed by atoms with Gasteiger partial charge in [-0.3, -0.25) is 14.5 Å². The molecule has 2 aromatic heterocycles. The van der Waals surface area contributed by atoms with Crippen molar-refractivity contribution in [3.05, 3.63) is 82.8 Å². The smallest absolute Gasteiger partial charge is 0.302 e. The average Bonchev–Trinajstić information content (AvgIpc) is 3.52. The van der Waals surface area contributed by atoms with Crippen molar-refractivity contribution in [1.29, 1.82) is 0 Å². The molecule has 1 unspecified atom stereocenters. The molecule has 9 heteroatoms. The molecule has 32 heavy (non-hydrogen) atoms. The summed E-state index contributed by atoms with van der Waals surface area (Å²) in [6.45, 7) is 0. The summed E-state index contributed by atoms with van der Waals surface area (Å²) in [5, 5.41) is 11.8. The third-order valence-corrected chi connectivity index (χ3v) is 6.43. The summed E-state index contributed by atoms with van der Waals surface area (Å²) in [7, 11) is 1.56. The van der Waals surface area contributed by atoms with Crippen LogP contribution < -0.4 is 9.64 Å². The fourth-order valence-corrected chi connectivity index (χ4v) is 4.78. The summed E-state index contributed by atoms with van der Waals surface area (Å²) >= 11 is 7.18. The van der Waals surface area contributed by atoms with Gasteiger partial charge in [-0.05, 0) is 54.6 Å². The number of anilines is 1. The Balaban J connectivity index is 1.69. The number of aromatic nitrogens is 1. The minimum Gasteiger partial charge on any atom is -0.507 e. The first-order valence-electron chi connectivity index (χ1n) is 9.53. The van der Waals surface area contributed by atoms with Gasteiger partial charge in [0.2, 0.25) is 0 Å². The van der Waals surface area contributed by atoms with Gasteiger partial charge in [-0.2, -0.15) is 0 Å². The van der Waals surface area contributed by atoms with Crippen molar-refractivity contribution < 1.29 is 23.8 Å². The molecule has 5 rings (SSSR count). The topological polar surface area (TPSA) is 92.9 Å². The van der Waals surface area contributed by atoms with Gasteiger partial charge in [-0.15, -0.1) is 0 Å². The quantitative estimate of drug-likeness (QED) is 0.253. The van der Waals surface area contributed by atoms with E-state index < -0.39 is 17.7 Å². The fraction of sp³-hybridized carbons (Fsp3) is 0.0870. The Bertz CT molecular complexity index is 1380. The van der Waals surface area contributed by atoms with Crippen molar-refractivity contribution in [1.82, 2.24) is 4.98 Å². The van der Waals surface area contributed by atoms with E-state index in [4.69, 9.17) is 20.8 Å². The number of halogens is 1. The maximum atomic E-state index is 13.1. The number of hydrogen-bond acceptors (Lipinski definition) is 7. The number of aliphatic hydroxyl groups excluding tert-OH is 1. The van der Waals surface area contributed by atoms with Gasteiger partial charge in [0.15, 0.2) is 5.13 Å². The monoisotopic (exact) mass is 466 g/mol. The Hall–Kier alpha value is -3.62. The van der Waals surface area contributed by atoms with Gasteiger partial charge in [-0.25, -0.2) is 4.98 Å². The van der Waals surface area contributed by atoms with E-state index in [2.05, 4.69) is 4.98 Å². The highest BCUT2D eigenvalue weighted by Crippen LogP contribution is 2.44. The molecular weight excluding hydrogens is 452 g/mol. The van der Waals surface area contributed by atoms with E-state index in [1.807, 2.05) is 6.07 Å². The largest absolute Gasteiger partial charge is 0.507 e. The Morgan fingerprint density at radius 1 is 1.19 bits per heavy atom. The number of hydrogen-bond donors (Lipinski definition) is 1. The maximum absolute atomic E-state index is 13.1. The van der Waals surface area contributed by atoms with Gasteiger partial charge < -0.3 is 14.3 Å². The Kier molecular flexibility index (Phi) is 4.96. The molecule has 1 amide bonds. The highest BCUT2D eigenvalue weighted by atomic mass is 35.5. The summed E-state index contributed by atoms with van der Waals surface area (Å²) < 4.78 is 11.6. The molecule has 3 heterocycles. The second kappa shape index (κ2) is 7.81. The number of benzene rings is 2. The van der Waals surface area contributed by atoms with Crippen molar-refractivity contribution in [2.45, 2.75) is 6.04 Å². The van der Waals surface area contributed by atoms with Crippen molar-refractivity contribution in [3.63, 3.8) is 0 Å². The lowest BCUT2D eigenvalue weighted by Gasteiger charge is -2.20. The van der Waals surface area contributed by atoms with Gasteiger partial charge >= 0.3 is 5.91 Å². The van der Waals surface area contributed by atoms with Gasteiger partial charge in [0.25, 0.3) is 5.78 Å². The van der Waals surface area contributed by atoms with Crippen LogP contribution in [0.4, 0.5) is 5.13 Å².